The van der Waals surface area contributed by atoms with Crippen LogP contribution in [0.15, 0.2) is 15.8 Å². The number of H-pyrrole nitrogens is 1. The lowest BCUT2D eigenvalue weighted by molar-refractivity contribution is -0.0457. The van der Waals surface area contributed by atoms with Crippen LogP contribution in [0, 0.1) is 11.8 Å². The Bertz CT molecular complexity index is 1250. The zero-order valence-electron chi connectivity index (χ0n) is 20.5. The van der Waals surface area contributed by atoms with E-state index in [9.17, 15) is 28.4 Å². The van der Waals surface area contributed by atoms with Crippen LogP contribution in [0.3, 0.4) is 0 Å². The lowest BCUT2D eigenvalue weighted by atomic mass is 10.2. The molecule has 0 bridgehead atoms. The summed E-state index contributed by atoms with van der Waals surface area (Å²) in [6.45, 7) is -0.348. The molecule has 37 heavy (non-hydrogen) atoms. The molecule has 1 aromatic rings. The summed E-state index contributed by atoms with van der Waals surface area (Å²) in [6, 6.07) is 0. The van der Waals surface area contributed by atoms with Crippen molar-refractivity contribution >= 4 is 23.5 Å². The number of phosphoric ester groups is 2. The van der Waals surface area contributed by atoms with E-state index in [0.29, 0.717) is 6.54 Å². The molecule has 17 nitrogen and oxygen atoms in total. The molecule has 3 N–H and O–H groups in total. The van der Waals surface area contributed by atoms with Gasteiger partial charge in [0.15, 0.2) is 0 Å². The Morgan fingerprint density at radius 2 is 1.68 bits per heavy atom. The smallest absolute Gasteiger partial charge is 0.390 e. The fraction of sp³-hybridized carbons (Fsp3) is 0.647. The van der Waals surface area contributed by atoms with Crippen molar-refractivity contribution in [2.75, 3.05) is 48.6 Å². The molecule has 1 aromatic heterocycles. The van der Waals surface area contributed by atoms with Gasteiger partial charge in [-0.2, -0.15) is 8.62 Å². The van der Waals surface area contributed by atoms with Crippen LogP contribution in [0.4, 0.5) is 0 Å². The summed E-state index contributed by atoms with van der Waals surface area (Å²) in [6.07, 6.45) is -2.40. The van der Waals surface area contributed by atoms with Crippen LogP contribution in [0.2, 0.25) is 0 Å². The van der Waals surface area contributed by atoms with Crippen LogP contribution < -0.4 is 16.6 Å². The van der Waals surface area contributed by atoms with E-state index in [4.69, 9.17) is 13.6 Å². The number of nitrogens with zero attached hydrogens (tertiary/aromatic N) is 1. The summed E-state index contributed by atoms with van der Waals surface area (Å²) >= 11 is 0. The average molecular weight is 591 g/mol. The lowest BCUT2D eigenvalue weighted by Gasteiger charge is -2.24. The van der Waals surface area contributed by atoms with E-state index in [0.717, 1.165) is 33.0 Å². The number of aliphatic hydroxyl groups is 1. The molecule has 5 atom stereocenters. The zero-order valence-corrected chi connectivity index (χ0v) is 23.2. The number of aliphatic hydroxyl groups excluding tert-OH is 1. The van der Waals surface area contributed by atoms with Gasteiger partial charge >= 0.3 is 29.2 Å². The minimum Gasteiger partial charge on any atom is -0.390 e. The highest BCUT2D eigenvalue weighted by molar-refractivity contribution is 7.67. The van der Waals surface area contributed by atoms with Gasteiger partial charge in [0.1, 0.15) is 17.9 Å². The first-order valence-corrected chi connectivity index (χ1v) is 14.7. The second kappa shape index (κ2) is 13.5. The summed E-state index contributed by atoms with van der Waals surface area (Å²) < 4.78 is 77.0. The monoisotopic (exact) mass is 591 g/mol. The molecule has 1 saturated heterocycles. The van der Waals surface area contributed by atoms with Crippen molar-refractivity contribution in [1.82, 2.24) is 14.9 Å². The van der Waals surface area contributed by atoms with Crippen LogP contribution in [0.1, 0.15) is 18.2 Å². The maximum Gasteiger partial charge on any atom is 0.492 e. The molecule has 0 amide bonds. The van der Waals surface area contributed by atoms with Gasteiger partial charge in [0.2, 0.25) is 0 Å². The van der Waals surface area contributed by atoms with Crippen molar-refractivity contribution < 1.29 is 54.8 Å². The molecule has 0 radical (unpaired) electrons. The standard InChI is InChI=1S/C17H28N3O14P3/c1-18-8-6-7-12-10-20(17(23)19-16(12)22)15-9-13(21)14(32-15)11-31-36(25,29-4)34-37(26,30-5)33-35(24,27-2)28-3/h10,13-15,18,21H,8-9,11H2,1-5H3,(H,19,22,23)/t13?,14-,15-,36?,37?/m1/s1. The third-order valence-electron chi connectivity index (χ3n) is 4.66. The van der Waals surface area contributed by atoms with E-state index >= 15 is 0 Å². The Kier molecular flexibility index (Phi) is 11.6. The van der Waals surface area contributed by atoms with E-state index in [1.165, 1.54) is 6.20 Å². The number of hydrogen-bond donors (Lipinski definition) is 3. The van der Waals surface area contributed by atoms with Gasteiger partial charge in [-0.25, -0.2) is 18.5 Å². The highest BCUT2D eigenvalue weighted by atomic mass is 31.3. The largest absolute Gasteiger partial charge is 0.492 e. The Balaban J connectivity index is 2.16. The number of aromatic nitrogens is 2. The first-order valence-electron chi connectivity index (χ1n) is 10.3. The van der Waals surface area contributed by atoms with Crippen LogP contribution >= 0.6 is 23.5 Å². The summed E-state index contributed by atoms with van der Waals surface area (Å²) in [5.74, 6) is 5.31. The number of rotatable bonds is 13. The maximum atomic E-state index is 12.9. The Morgan fingerprint density at radius 1 is 1.08 bits per heavy atom. The van der Waals surface area contributed by atoms with Gasteiger partial charge < -0.3 is 15.2 Å². The summed E-state index contributed by atoms with van der Waals surface area (Å²) in [5.41, 5.74) is -1.52. The van der Waals surface area contributed by atoms with Gasteiger partial charge in [0.25, 0.3) is 5.56 Å². The van der Waals surface area contributed by atoms with Crippen LogP contribution in [-0.4, -0.2) is 75.5 Å². The van der Waals surface area contributed by atoms with E-state index in [-0.39, 0.29) is 12.0 Å². The molecule has 0 saturated carbocycles. The van der Waals surface area contributed by atoms with Gasteiger partial charge in [-0.1, -0.05) is 11.8 Å². The third kappa shape index (κ3) is 8.51. The molecule has 2 heterocycles. The molecule has 0 aliphatic carbocycles. The summed E-state index contributed by atoms with van der Waals surface area (Å²) in [4.78, 5) is 26.4. The fourth-order valence-corrected chi connectivity index (χ4v) is 7.25. The third-order valence-corrected chi connectivity index (χ3v) is 10.1. The van der Waals surface area contributed by atoms with E-state index in [1.54, 1.807) is 7.05 Å². The molecular formula is C17H28N3O14P3. The van der Waals surface area contributed by atoms with Crippen LogP contribution in [0.25, 0.3) is 0 Å². The van der Waals surface area contributed by atoms with Gasteiger partial charge in [0, 0.05) is 41.1 Å². The number of hydrogen-bond acceptors (Lipinski definition) is 15. The van der Waals surface area contributed by atoms with Gasteiger partial charge in [-0.05, 0) is 7.05 Å². The lowest BCUT2D eigenvalue weighted by Crippen LogP contribution is -2.33. The molecule has 210 valence electrons. The van der Waals surface area contributed by atoms with Gasteiger partial charge in [-0.3, -0.25) is 37.0 Å². The number of aromatic amines is 1. The zero-order chi connectivity index (χ0) is 27.9. The molecule has 3 unspecified atom stereocenters. The van der Waals surface area contributed by atoms with E-state index in [2.05, 4.69) is 44.5 Å². The number of ether oxygens (including phenoxy) is 1. The molecule has 0 spiro atoms. The van der Waals surface area contributed by atoms with Crippen molar-refractivity contribution in [3.05, 3.63) is 32.6 Å². The van der Waals surface area contributed by atoms with Crippen molar-refractivity contribution in [3.8, 4) is 11.8 Å². The molecule has 2 rings (SSSR count). The molecule has 1 aliphatic heterocycles. The predicted molar refractivity (Wildman–Crippen MR) is 126 cm³/mol. The van der Waals surface area contributed by atoms with Gasteiger partial charge in [0.05, 0.1) is 19.3 Å². The summed E-state index contributed by atoms with van der Waals surface area (Å²) in [5, 5.41) is 13.2. The van der Waals surface area contributed by atoms with Gasteiger partial charge in [-0.15, -0.1) is 0 Å². The average Bonchev–Trinajstić information content (AvgIpc) is 3.24. The molecule has 1 aliphatic rings. The second-order valence-corrected chi connectivity index (χ2v) is 12.7. The Labute approximate surface area is 211 Å². The highest BCUT2D eigenvalue weighted by Crippen LogP contribution is 2.72. The normalized spacial score (nSPS) is 23.1. The number of nitrogens with one attached hydrogen (secondary N) is 2. The molecular weight excluding hydrogens is 563 g/mol. The second-order valence-electron chi connectivity index (χ2n) is 7.00. The topological polar surface area (TPSA) is 212 Å². The SMILES string of the molecule is CNCC#Cc1cn([C@H]2CC(O)[C@@H](COP(=O)(OC)OP(=O)(OC)OP(=O)(OC)OC)O2)c(=O)[nH]c1=O. The van der Waals surface area contributed by atoms with Crippen LogP contribution in [0.5, 0.6) is 0 Å². The summed E-state index contributed by atoms with van der Waals surface area (Å²) in [7, 11) is -8.78. The fourth-order valence-electron chi connectivity index (χ4n) is 2.79. The maximum absolute atomic E-state index is 12.9. The van der Waals surface area contributed by atoms with E-state index in [1.807, 2.05) is 0 Å². The highest BCUT2D eigenvalue weighted by Gasteiger charge is 2.46. The van der Waals surface area contributed by atoms with Crippen molar-refractivity contribution in [2.24, 2.45) is 0 Å². The Hall–Kier alpha value is -1.47. The molecule has 20 heteroatoms. The van der Waals surface area contributed by atoms with Crippen molar-refractivity contribution in [2.45, 2.75) is 24.9 Å². The predicted octanol–water partition coefficient (Wildman–Crippen LogP) is 0.716. The quantitative estimate of drug-likeness (QED) is 0.213. The Morgan fingerprint density at radius 3 is 2.24 bits per heavy atom. The van der Waals surface area contributed by atoms with Crippen LogP contribution in [-0.2, 0) is 49.7 Å². The van der Waals surface area contributed by atoms with Crippen molar-refractivity contribution in [3.63, 3.8) is 0 Å². The van der Waals surface area contributed by atoms with E-state index < -0.39 is 59.8 Å². The first-order chi connectivity index (χ1) is 17.4. The minimum absolute atomic E-state index is 0.00958. The molecule has 0 aromatic carbocycles. The minimum atomic E-state index is -4.88. The number of phosphoric acid groups is 3. The first kappa shape index (κ1) is 31.7. The van der Waals surface area contributed by atoms with Crippen molar-refractivity contribution in [1.29, 1.82) is 0 Å². The molecule has 1 fully saturated rings.